The van der Waals surface area contributed by atoms with Crippen LogP contribution >= 0.6 is 39.1 Å². The molecule has 1 nitrogen and oxygen atoms in total. The highest BCUT2D eigenvalue weighted by Gasteiger charge is 2.23. The van der Waals surface area contributed by atoms with Gasteiger partial charge in [-0.2, -0.15) is 0 Å². The number of aliphatic hydroxyl groups is 1. The van der Waals surface area contributed by atoms with E-state index in [4.69, 9.17) is 23.2 Å². The van der Waals surface area contributed by atoms with Gasteiger partial charge in [-0.1, -0.05) is 57.3 Å². The molecule has 2 aromatic rings. The minimum Gasteiger partial charge on any atom is -0.385 e. The first-order chi connectivity index (χ1) is 8.88. The van der Waals surface area contributed by atoms with Crippen LogP contribution in [0.4, 0.5) is 0 Å². The summed E-state index contributed by atoms with van der Waals surface area (Å²) in [5.74, 6) is 0. The average Bonchev–Trinajstić information content (AvgIpc) is 2.34. The third kappa shape index (κ3) is 3.73. The molecule has 19 heavy (non-hydrogen) atoms. The molecule has 0 fully saturated rings. The van der Waals surface area contributed by atoms with Crippen molar-refractivity contribution in [2.24, 2.45) is 0 Å². The van der Waals surface area contributed by atoms with Crippen LogP contribution in [0.1, 0.15) is 18.1 Å². The van der Waals surface area contributed by atoms with Crippen molar-refractivity contribution in [2.75, 3.05) is 0 Å². The normalized spacial score (nSPS) is 14.2. The minimum absolute atomic E-state index is 0.478. The van der Waals surface area contributed by atoms with Gasteiger partial charge >= 0.3 is 0 Å². The fourth-order valence-electron chi connectivity index (χ4n) is 1.96. The van der Waals surface area contributed by atoms with E-state index in [0.29, 0.717) is 16.5 Å². The molecule has 1 unspecified atom stereocenters. The van der Waals surface area contributed by atoms with E-state index in [9.17, 15) is 5.11 Å². The Morgan fingerprint density at radius 2 is 1.68 bits per heavy atom. The lowest BCUT2D eigenvalue weighted by Crippen LogP contribution is -2.24. The van der Waals surface area contributed by atoms with E-state index in [2.05, 4.69) is 15.9 Å². The van der Waals surface area contributed by atoms with Crippen LogP contribution in [0.5, 0.6) is 0 Å². The van der Waals surface area contributed by atoms with Crippen LogP contribution in [0.25, 0.3) is 0 Å². The van der Waals surface area contributed by atoms with E-state index in [1.54, 1.807) is 19.1 Å². The Labute approximate surface area is 131 Å². The van der Waals surface area contributed by atoms with Gasteiger partial charge in [-0.3, -0.25) is 0 Å². The van der Waals surface area contributed by atoms with Crippen LogP contribution in [0.3, 0.4) is 0 Å². The van der Waals surface area contributed by atoms with Crippen molar-refractivity contribution in [3.8, 4) is 0 Å². The zero-order valence-electron chi connectivity index (χ0n) is 10.3. The molecule has 0 amide bonds. The summed E-state index contributed by atoms with van der Waals surface area (Å²) in [5, 5.41) is 11.6. The molecule has 0 spiro atoms. The van der Waals surface area contributed by atoms with E-state index in [0.717, 1.165) is 15.6 Å². The number of rotatable bonds is 3. The summed E-state index contributed by atoms with van der Waals surface area (Å²) in [4.78, 5) is 0. The van der Waals surface area contributed by atoms with Crippen LogP contribution in [0.2, 0.25) is 10.0 Å². The van der Waals surface area contributed by atoms with Crippen molar-refractivity contribution in [1.29, 1.82) is 0 Å². The summed E-state index contributed by atoms with van der Waals surface area (Å²) >= 11 is 15.3. The molecule has 4 heteroatoms. The predicted molar refractivity (Wildman–Crippen MR) is 83.9 cm³/mol. The molecule has 2 aromatic carbocycles. The molecule has 0 aromatic heterocycles. The van der Waals surface area contributed by atoms with Crippen molar-refractivity contribution in [3.63, 3.8) is 0 Å². The quantitative estimate of drug-likeness (QED) is 0.797. The lowest BCUT2D eigenvalue weighted by molar-refractivity contribution is 0.0576. The van der Waals surface area contributed by atoms with Gasteiger partial charge in [0.1, 0.15) is 0 Å². The molecule has 0 saturated carbocycles. The third-order valence-electron chi connectivity index (χ3n) is 3.00. The van der Waals surface area contributed by atoms with Gasteiger partial charge in [0.2, 0.25) is 0 Å². The molecule has 2 rings (SSSR count). The molecule has 0 aliphatic rings. The van der Waals surface area contributed by atoms with E-state index in [1.807, 2.05) is 30.3 Å². The molecule has 1 N–H and O–H groups in total. The monoisotopic (exact) mass is 358 g/mol. The molecular formula is C15H13BrCl2O. The van der Waals surface area contributed by atoms with Crippen LogP contribution in [0, 0.1) is 0 Å². The highest BCUT2D eigenvalue weighted by molar-refractivity contribution is 9.10. The van der Waals surface area contributed by atoms with E-state index in [-0.39, 0.29) is 0 Å². The Morgan fingerprint density at radius 1 is 1.05 bits per heavy atom. The summed E-state index contributed by atoms with van der Waals surface area (Å²) < 4.78 is 0.988. The van der Waals surface area contributed by atoms with Gasteiger partial charge in [-0.05, 0) is 42.3 Å². The summed E-state index contributed by atoms with van der Waals surface area (Å²) in [7, 11) is 0. The highest BCUT2D eigenvalue weighted by atomic mass is 79.9. The zero-order chi connectivity index (χ0) is 14.0. The Kier molecular flexibility index (Phi) is 4.57. The van der Waals surface area contributed by atoms with Crippen LogP contribution in [-0.2, 0) is 12.0 Å². The lowest BCUT2D eigenvalue weighted by Gasteiger charge is -2.24. The van der Waals surface area contributed by atoms with Gasteiger partial charge in [0.25, 0.3) is 0 Å². The molecular weight excluding hydrogens is 347 g/mol. The number of benzene rings is 2. The Hall–Kier alpha value is -0.540. The third-order valence-corrected chi connectivity index (χ3v) is 4.27. The van der Waals surface area contributed by atoms with E-state index < -0.39 is 5.60 Å². The summed E-state index contributed by atoms with van der Waals surface area (Å²) in [6.07, 6.45) is 0.478. The second-order valence-corrected chi connectivity index (χ2v) is 6.44. The fourth-order valence-corrected chi connectivity index (χ4v) is 2.54. The van der Waals surface area contributed by atoms with Gasteiger partial charge in [0, 0.05) is 10.9 Å². The number of hydrogen-bond acceptors (Lipinski definition) is 1. The second-order valence-electron chi connectivity index (χ2n) is 4.71. The molecule has 100 valence electrons. The maximum absolute atomic E-state index is 10.6. The molecule has 0 bridgehead atoms. The zero-order valence-corrected chi connectivity index (χ0v) is 13.4. The summed E-state index contributed by atoms with van der Waals surface area (Å²) in [5.41, 5.74) is 0.863. The van der Waals surface area contributed by atoms with Gasteiger partial charge in [0.15, 0.2) is 0 Å². The van der Waals surface area contributed by atoms with Crippen molar-refractivity contribution < 1.29 is 5.11 Å². The Balaban J connectivity index is 2.25. The topological polar surface area (TPSA) is 20.2 Å². The lowest BCUT2D eigenvalue weighted by atomic mass is 9.89. The van der Waals surface area contributed by atoms with Crippen molar-refractivity contribution >= 4 is 39.1 Å². The Bertz CT molecular complexity index is 579. The molecule has 0 saturated heterocycles. The van der Waals surface area contributed by atoms with Crippen LogP contribution in [0.15, 0.2) is 46.9 Å². The van der Waals surface area contributed by atoms with E-state index >= 15 is 0 Å². The molecule has 1 atom stereocenters. The van der Waals surface area contributed by atoms with Gasteiger partial charge < -0.3 is 5.11 Å². The average molecular weight is 360 g/mol. The van der Waals surface area contributed by atoms with Crippen molar-refractivity contribution in [3.05, 3.63) is 68.1 Å². The maximum Gasteiger partial charge on any atom is 0.0908 e. The molecule has 0 aliphatic carbocycles. The van der Waals surface area contributed by atoms with E-state index in [1.165, 1.54) is 0 Å². The largest absolute Gasteiger partial charge is 0.385 e. The first-order valence-corrected chi connectivity index (χ1v) is 7.36. The van der Waals surface area contributed by atoms with Crippen molar-refractivity contribution in [1.82, 2.24) is 0 Å². The fraction of sp³-hybridized carbons (Fsp3) is 0.200. The smallest absolute Gasteiger partial charge is 0.0908 e. The molecule has 0 radical (unpaired) electrons. The first-order valence-electron chi connectivity index (χ1n) is 5.81. The number of hydrogen-bond donors (Lipinski definition) is 1. The first kappa shape index (κ1) is 14.9. The second kappa shape index (κ2) is 5.84. The van der Waals surface area contributed by atoms with Crippen molar-refractivity contribution in [2.45, 2.75) is 18.9 Å². The Morgan fingerprint density at radius 3 is 2.26 bits per heavy atom. The predicted octanol–water partition coefficient (Wildman–Crippen LogP) is 5.21. The SMILES string of the molecule is CC(O)(Cc1ccc(Cl)c(Cl)c1)c1ccc(Br)cc1. The molecule has 0 aliphatic heterocycles. The van der Waals surface area contributed by atoms with Crippen LogP contribution in [-0.4, -0.2) is 5.11 Å². The minimum atomic E-state index is -0.947. The van der Waals surface area contributed by atoms with Gasteiger partial charge in [-0.15, -0.1) is 0 Å². The summed E-state index contributed by atoms with van der Waals surface area (Å²) in [6, 6.07) is 13.1. The molecule has 0 heterocycles. The summed E-state index contributed by atoms with van der Waals surface area (Å²) in [6.45, 7) is 1.79. The highest BCUT2D eigenvalue weighted by Crippen LogP contribution is 2.29. The maximum atomic E-state index is 10.6. The number of halogens is 3. The van der Waals surface area contributed by atoms with Crippen LogP contribution < -0.4 is 0 Å². The van der Waals surface area contributed by atoms with Gasteiger partial charge in [-0.25, -0.2) is 0 Å². The van der Waals surface area contributed by atoms with Gasteiger partial charge in [0.05, 0.1) is 15.6 Å². The standard InChI is InChI=1S/C15H13BrCl2O/c1-15(19,11-3-5-12(16)6-4-11)9-10-2-7-13(17)14(18)8-10/h2-8,19H,9H2,1H3.